The van der Waals surface area contributed by atoms with Crippen LogP contribution in [0, 0.1) is 10.8 Å². The summed E-state index contributed by atoms with van der Waals surface area (Å²) in [6.07, 6.45) is 1.26. The largest absolute Gasteiger partial charge is 0.456 e. The standard InChI is InChI=1S/2C23H25BrN2O5.C2H6O/c2*1-21(2,3)31-19(28)17-18(25)30-15-10-22(4,5)9-14(27)16(15)23(17)12-8-11(24)6-7-13(12)26-20(23)29;1-2-3/h2*6-8H,9-10,25H2,1-5H3,(H,26,29);3H,2H2,1H3. The Morgan fingerprint density at radius 1 is 0.662 bits per heavy atom. The summed E-state index contributed by atoms with van der Waals surface area (Å²) in [6.45, 7) is 20.0. The molecule has 2 spiro atoms. The van der Waals surface area contributed by atoms with E-state index < -0.39 is 45.8 Å². The van der Waals surface area contributed by atoms with Crippen molar-refractivity contribution in [1.29, 1.82) is 0 Å². The first-order valence-electron chi connectivity index (χ1n) is 21.1. The highest BCUT2D eigenvalue weighted by Gasteiger charge is 2.64. The summed E-state index contributed by atoms with van der Waals surface area (Å²) in [5, 5.41) is 13.2. The van der Waals surface area contributed by atoms with Gasteiger partial charge < -0.3 is 46.2 Å². The van der Waals surface area contributed by atoms with Gasteiger partial charge in [-0.25, -0.2) is 9.59 Å². The predicted molar refractivity (Wildman–Crippen MR) is 248 cm³/mol. The molecular formula is C48H56Br2N4O11. The number of ketones is 2. The number of hydrogen-bond donors (Lipinski definition) is 5. The van der Waals surface area contributed by atoms with Gasteiger partial charge in [0.1, 0.15) is 44.7 Å². The van der Waals surface area contributed by atoms with Crippen molar-refractivity contribution in [3.63, 3.8) is 0 Å². The minimum absolute atomic E-state index is 0.163. The number of nitrogens with two attached hydrogens (primary N) is 2. The predicted octanol–water partition coefficient (Wildman–Crippen LogP) is 7.65. The van der Waals surface area contributed by atoms with Crippen LogP contribution in [0.1, 0.15) is 113 Å². The molecule has 0 radical (unpaired) electrons. The topological polar surface area (TPSA) is 236 Å². The molecule has 17 heteroatoms. The molecule has 4 heterocycles. The van der Waals surface area contributed by atoms with Gasteiger partial charge in [-0.3, -0.25) is 19.2 Å². The number of allylic oxidation sites excluding steroid dienone is 2. The van der Waals surface area contributed by atoms with Crippen LogP contribution in [-0.2, 0) is 58.5 Å². The highest BCUT2D eigenvalue weighted by atomic mass is 79.9. The summed E-state index contributed by atoms with van der Waals surface area (Å²) >= 11 is 6.88. The van der Waals surface area contributed by atoms with Gasteiger partial charge in [0.2, 0.25) is 23.6 Å². The fraction of sp³-hybridized carbons (Fsp3) is 0.458. The van der Waals surface area contributed by atoms with Crippen LogP contribution in [0.25, 0.3) is 0 Å². The summed E-state index contributed by atoms with van der Waals surface area (Å²) in [6, 6.07) is 10.5. The summed E-state index contributed by atoms with van der Waals surface area (Å²) in [4.78, 5) is 80.9. The number of aliphatic hydroxyl groups is 1. The maximum atomic E-state index is 13.6. The highest BCUT2D eigenvalue weighted by molar-refractivity contribution is 9.10. The summed E-state index contributed by atoms with van der Waals surface area (Å²) < 4.78 is 24.3. The van der Waals surface area contributed by atoms with Crippen molar-refractivity contribution in [2.45, 2.75) is 124 Å². The van der Waals surface area contributed by atoms with Gasteiger partial charge in [0, 0.05) is 63.7 Å². The molecule has 0 aromatic heterocycles. The lowest BCUT2D eigenvalue weighted by atomic mass is 9.62. The van der Waals surface area contributed by atoms with Crippen molar-refractivity contribution in [2.75, 3.05) is 17.2 Å². The lowest BCUT2D eigenvalue weighted by Gasteiger charge is -2.42. The van der Waals surface area contributed by atoms with Crippen molar-refractivity contribution >= 4 is 78.6 Å². The average Bonchev–Trinajstić information content (AvgIpc) is 3.54. The average molecular weight is 1020 g/mol. The highest BCUT2D eigenvalue weighted by Crippen LogP contribution is 2.58. The first kappa shape index (κ1) is 49.2. The lowest BCUT2D eigenvalue weighted by molar-refractivity contribution is -0.153. The number of halogens is 2. The summed E-state index contributed by atoms with van der Waals surface area (Å²) in [5.41, 5.74) is 8.63. The van der Waals surface area contributed by atoms with E-state index in [1.807, 2.05) is 27.7 Å². The molecule has 0 fully saturated rings. The quantitative estimate of drug-likeness (QED) is 0.182. The molecule has 0 saturated carbocycles. The van der Waals surface area contributed by atoms with E-state index in [2.05, 4.69) is 42.5 Å². The van der Waals surface area contributed by atoms with E-state index in [0.29, 0.717) is 55.8 Å². The van der Waals surface area contributed by atoms with Gasteiger partial charge in [-0.2, -0.15) is 0 Å². The van der Waals surface area contributed by atoms with Crippen LogP contribution in [-0.4, -0.2) is 58.2 Å². The van der Waals surface area contributed by atoms with E-state index in [4.69, 9.17) is 35.5 Å². The number of rotatable bonds is 2. The number of aliphatic hydroxyl groups excluding tert-OH is 1. The number of ether oxygens (including phenoxy) is 4. The van der Waals surface area contributed by atoms with E-state index in [9.17, 15) is 28.8 Å². The smallest absolute Gasteiger partial charge is 0.341 e. The molecular weight excluding hydrogens is 968 g/mol. The van der Waals surface area contributed by atoms with Gasteiger partial charge in [-0.05, 0) is 95.7 Å². The molecule has 2 aromatic carbocycles. The van der Waals surface area contributed by atoms with E-state index in [1.165, 1.54) is 0 Å². The number of benzene rings is 2. The van der Waals surface area contributed by atoms with Crippen LogP contribution in [0.3, 0.4) is 0 Å². The second-order valence-corrected chi connectivity index (χ2v) is 22.1. The Bertz CT molecular complexity index is 2420. The molecule has 2 aliphatic carbocycles. The minimum atomic E-state index is -1.73. The SMILES string of the molecule is CC1(C)CC(=O)C2=C(C1)OC(N)=C(C(=O)OC(C)(C)C)C21C(=O)Nc2ccc(Br)cc21.CC1(C)CC(=O)C2=C(C1)OC(N)=C(C(=O)OC(C)(C)C)C21C(=O)Nc2ccc(Br)cc21.CCO. The fourth-order valence-corrected chi connectivity index (χ4v) is 9.95. The van der Waals surface area contributed by atoms with Gasteiger partial charge in [-0.1, -0.05) is 59.6 Å². The number of Topliss-reactive ketones (excluding diaryl/α,β-unsaturated/α-hetero) is 2. The lowest BCUT2D eigenvalue weighted by Crippen LogP contribution is -2.51. The van der Waals surface area contributed by atoms with Crippen LogP contribution in [0.2, 0.25) is 0 Å². The molecule has 2 amide bonds. The Labute approximate surface area is 395 Å². The molecule has 4 aliphatic heterocycles. The number of hydrogen-bond acceptors (Lipinski definition) is 13. The number of esters is 2. The van der Waals surface area contributed by atoms with Crippen LogP contribution < -0.4 is 22.1 Å². The van der Waals surface area contributed by atoms with Gasteiger partial charge in [0.05, 0.1) is 11.1 Å². The number of nitrogens with one attached hydrogen (secondary N) is 2. The number of fused-ring (bicyclic) bond motifs is 6. The van der Waals surface area contributed by atoms with Crippen molar-refractivity contribution in [3.8, 4) is 0 Å². The van der Waals surface area contributed by atoms with Gasteiger partial charge in [0.15, 0.2) is 11.6 Å². The molecule has 2 unspecified atom stereocenters. The van der Waals surface area contributed by atoms with Crippen molar-refractivity contribution in [3.05, 3.63) is 102 Å². The molecule has 2 aromatic rings. The number of amides is 2. The first-order chi connectivity index (χ1) is 29.9. The third-order valence-electron chi connectivity index (χ3n) is 11.3. The van der Waals surface area contributed by atoms with E-state index in [0.717, 1.165) is 0 Å². The Morgan fingerprint density at radius 2 is 0.985 bits per heavy atom. The summed E-state index contributed by atoms with van der Waals surface area (Å²) in [5.74, 6) is -2.91. The Kier molecular flexibility index (Phi) is 12.8. The monoisotopic (exact) mass is 1020 g/mol. The van der Waals surface area contributed by atoms with Gasteiger partial charge in [-0.15, -0.1) is 0 Å². The zero-order chi connectivity index (χ0) is 48.6. The molecule has 6 aliphatic rings. The maximum Gasteiger partial charge on any atom is 0.341 e. The molecule has 0 saturated heterocycles. The zero-order valence-electron chi connectivity index (χ0n) is 38.4. The molecule has 0 bridgehead atoms. The second-order valence-electron chi connectivity index (χ2n) is 20.3. The van der Waals surface area contributed by atoms with Crippen molar-refractivity contribution in [2.24, 2.45) is 22.3 Å². The number of carbonyl (C=O) groups is 6. The van der Waals surface area contributed by atoms with Gasteiger partial charge in [0.25, 0.3) is 0 Å². The molecule has 8 rings (SSSR count). The molecule has 348 valence electrons. The molecule has 65 heavy (non-hydrogen) atoms. The van der Waals surface area contributed by atoms with Crippen LogP contribution in [0.15, 0.2) is 90.9 Å². The van der Waals surface area contributed by atoms with Crippen LogP contribution >= 0.6 is 31.9 Å². The molecule has 7 N–H and O–H groups in total. The fourth-order valence-electron chi connectivity index (χ4n) is 9.23. The van der Waals surface area contributed by atoms with E-state index in [-0.39, 0.29) is 75.9 Å². The van der Waals surface area contributed by atoms with Crippen LogP contribution in [0.5, 0.6) is 0 Å². The molecule has 15 nitrogen and oxygen atoms in total. The Hall–Kier alpha value is -5.26. The van der Waals surface area contributed by atoms with E-state index in [1.54, 1.807) is 84.9 Å². The Balaban J connectivity index is 0.000000203. The summed E-state index contributed by atoms with van der Waals surface area (Å²) in [7, 11) is 0. The second kappa shape index (κ2) is 16.9. The first-order valence-corrected chi connectivity index (χ1v) is 22.7. The zero-order valence-corrected chi connectivity index (χ0v) is 41.6. The van der Waals surface area contributed by atoms with Gasteiger partial charge >= 0.3 is 11.9 Å². The van der Waals surface area contributed by atoms with Crippen molar-refractivity contribution < 1.29 is 52.8 Å². The minimum Gasteiger partial charge on any atom is -0.456 e. The van der Waals surface area contributed by atoms with E-state index >= 15 is 0 Å². The van der Waals surface area contributed by atoms with Crippen molar-refractivity contribution in [1.82, 2.24) is 0 Å². The third kappa shape index (κ3) is 8.78. The number of anilines is 2. The molecule has 2 atom stereocenters. The Morgan fingerprint density at radius 3 is 1.29 bits per heavy atom. The number of carbonyl (C=O) groups excluding carboxylic acids is 6. The third-order valence-corrected chi connectivity index (χ3v) is 12.3. The maximum absolute atomic E-state index is 13.6. The normalized spacial score (nSPS) is 23.7. The van der Waals surface area contributed by atoms with Crippen LogP contribution in [0.4, 0.5) is 11.4 Å².